The molecule has 0 bridgehead atoms. The number of hydrogen-bond donors (Lipinski definition) is 1. The van der Waals surface area contributed by atoms with E-state index in [1.54, 1.807) is 4.52 Å². The highest BCUT2D eigenvalue weighted by atomic mass is 15.4. The van der Waals surface area contributed by atoms with Gasteiger partial charge in [-0.05, 0) is 51.0 Å². The summed E-state index contributed by atoms with van der Waals surface area (Å²) in [5.41, 5.74) is 6.51. The van der Waals surface area contributed by atoms with Crippen LogP contribution >= 0.6 is 0 Å². The molecule has 0 aliphatic rings. The van der Waals surface area contributed by atoms with Gasteiger partial charge in [-0.3, -0.25) is 0 Å². The van der Waals surface area contributed by atoms with Crippen molar-refractivity contribution in [2.24, 2.45) is 0 Å². The minimum absolute atomic E-state index is 0.592. The monoisotopic (exact) mass is 343 g/mol. The summed E-state index contributed by atoms with van der Waals surface area (Å²) in [6.45, 7) is 8.21. The van der Waals surface area contributed by atoms with Crippen LogP contribution in [0.25, 0.3) is 17.2 Å². The normalized spacial score (nSPS) is 11.1. The zero-order chi connectivity index (χ0) is 18.3. The van der Waals surface area contributed by atoms with Crippen molar-refractivity contribution in [2.45, 2.75) is 27.7 Å². The molecule has 2 aromatic heterocycles. The molecule has 130 valence electrons. The predicted octanol–water partition coefficient (Wildman–Crippen LogP) is 4.77. The zero-order valence-corrected chi connectivity index (χ0v) is 15.4. The number of nitrogens with zero attached hydrogens (tertiary/aromatic N) is 4. The molecule has 0 aliphatic carbocycles. The van der Waals surface area contributed by atoms with E-state index in [9.17, 15) is 0 Å². The molecular weight excluding hydrogens is 322 g/mol. The fourth-order valence-electron chi connectivity index (χ4n) is 2.99. The lowest BCUT2D eigenvalue weighted by Gasteiger charge is -2.11. The van der Waals surface area contributed by atoms with Gasteiger partial charge in [0.15, 0.2) is 5.82 Å². The van der Waals surface area contributed by atoms with E-state index in [2.05, 4.69) is 66.4 Å². The van der Waals surface area contributed by atoms with Gasteiger partial charge >= 0.3 is 0 Å². The van der Waals surface area contributed by atoms with Gasteiger partial charge in [0.05, 0.1) is 0 Å². The molecule has 0 fully saturated rings. The lowest BCUT2D eigenvalue weighted by atomic mass is 10.1. The van der Waals surface area contributed by atoms with Crippen molar-refractivity contribution in [1.29, 1.82) is 0 Å². The van der Waals surface area contributed by atoms with Gasteiger partial charge in [-0.2, -0.15) is 9.50 Å². The summed E-state index contributed by atoms with van der Waals surface area (Å²) in [6.07, 6.45) is 0. The lowest BCUT2D eigenvalue weighted by molar-refractivity contribution is 0.939. The average molecular weight is 343 g/mol. The van der Waals surface area contributed by atoms with Crippen molar-refractivity contribution >= 4 is 17.3 Å². The van der Waals surface area contributed by atoms with Crippen LogP contribution in [-0.2, 0) is 0 Å². The summed E-state index contributed by atoms with van der Waals surface area (Å²) >= 11 is 0. The Hall–Kier alpha value is -3.21. The van der Waals surface area contributed by atoms with Crippen LogP contribution in [0.15, 0.2) is 48.5 Å². The molecule has 0 unspecified atom stereocenters. The number of nitrogens with one attached hydrogen (secondary N) is 1. The standard InChI is InChI=1S/C21H21N5/c1-13-6-5-7-17(10-13)20-24-21-22-16(4)12-19(26(21)25-20)23-18-11-14(2)8-9-15(18)3/h5-12,23H,1-4H3. The highest BCUT2D eigenvalue weighted by Crippen LogP contribution is 2.24. The fourth-order valence-corrected chi connectivity index (χ4v) is 2.99. The summed E-state index contributed by atoms with van der Waals surface area (Å²) in [7, 11) is 0. The quantitative estimate of drug-likeness (QED) is 0.582. The predicted molar refractivity (Wildman–Crippen MR) is 105 cm³/mol. The Balaban J connectivity index is 1.83. The van der Waals surface area contributed by atoms with Crippen molar-refractivity contribution in [3.8, 4) is 11.4 Å². The number of fused-ring (bicyclic) bond motifs is 1. The molecule has 0 aliphatic heterocycles. The van der Waals surface area contributed by atoms with Crippen LogP contribution in [0.1, 0.15) is 22.4 Å². The zero-order valence-electron chi connectivity index (χ0n) is 15.4. The molecule has 5 nitrogen and oxygen atoms in total. The molecule has 0 radical (unpaired) electrons. The van der Waals surface area contributed by atoms with E-state index in [4.69, 9.17) is 5.10 Å². The van der Waals surface area contributed by atoms with E-state index in [0.717, 1.165) is 22.8 Å². The molecule has 0 saturated carbocycles. The Morgan fingerprint density at radius 3 is 2.46 bits per heavy atom. The van der Waals surface area contributed by atoms with Gasteiger partial charge in [-0.15, -0.1) is 5.10 Å². The van der Waals surface area contributed by atoms with Crippen LogP contribution in [0, 0.1) is 27.7 Å². The number of anilines is 2. The maximum Gasteiger partial charge on any atom is 0.254 e. The van der Waals surface area contributed by atoms with Crippen LogP contribution in [-0.4, -0.2) is 19.6 Å². The summed E-state index contributed by atoms with van der Waals surface area (Å²) < 4.78 is 1.77. The first-order valence-corrected chi connectivity index (χ1v) is 8.65. The van der Waals surface area contributed by atoms with Gasteiger partial charge in [0, 0.05) is 23.0 Å². The first kappa shape index (κ1) is 16.3. The highest BCUT2D eigenvalue weighted by Gasteiger charge is 2.12. The average Bonchev–Trinajstić information content (AvgIpc) is 3.02. The van der Waals surface area contributed by atoms with Crippen LogP contribution in [0.3, 0.4) is 0 Å². The van der Waals surface area contributed by atoms with Gasteiger partial charge in [0.25, 0.3) is 5.78 Å². The second-order valence-electron chi connectivity index (χ2n) is 6.74. The van der Waals surface area contributed by atoms with E-state index >= 15 is 0 Å². The fraction of sp³-hybridized carbons (Fsp3) is 0.190. The second kappa shape index (κ2) is 6.26. The number of rotatable bonds is 3. The molecule has 2 aromatic carbocycles. The number of aromatic nitrogens is 4. The molecule has 0 spiro atoms. The van der Waals surface area contributed by atoms with Gasteiger partial charge in [-0.1, -0.05) is 35.9 Å². The summed E-state index contributed by atoms with van der Waals surface area (Å²) in [5, 5.41) is 8.19. The van der Waals surface area contributed by atoms with E-state index in [1.165, 1.54) is 16.7 Å². The Morgan fingerprint density at radius 2 is 1.65 bits per heavy atom. The van der Waals surface area contributed by atoms with E-state index in [1.807, 2.05) is 25.1 Å². The number of aryl methyl sites for hydroxylation is 4. The topological polar surface area (TPSA) is 55.1 Å². The lowest BCUT2D eigenvalue weighted by Crippen LogP contribution is -2.03. The molecule has 5 heteroatoms. The maximum absolute atomic E-state index is 4.69. The first-order valence-electron chi connectivity index (χ1n) is 8.65. The van der Waals surface area contributed by atoms with Crippen molar-refractivity contribution in [2.75, 3.05) is 5.32 Å². The van der Waals surface area contributed by atoms with Crippen molar-refractivity contribution < 1.29 is 0 Å². The first-order chi connectivity index (χ1) is 12.5. The van der Waals surface area contributed by atoms with Crippen LogP contribution in [0.2, 0.25) is 0 Å². The third kappa shape index (κ3) is 3.04. The molecule has 4 aromatic rings. The molecular formula is C21H21N5. The number of hydrogen-bond acceptors (Lipinski definition) is 4. The molecule has 0 amide bonds. The van der Waals surface area contributed by atoms with Crippen LogP contribution < -0.4 is 5.32 Å². The Kier molecular flexibility index (Phi) is 3.92. The van der Waals surface area contributed by atoms with Crippen molar-refractivity contribution in [3.63, 3.8) is 0 Å². The van der Waals surface area contributed by atoms with Crippen molar-refractivity contribution in [1.82, 2.24) is 19.6 Å². The van der Waals surface area contributed by atoms with E-state index < -0.39 is 0 Å². The Bertz CT molecular complexity index is 1110. The maximum atomic E-state index is 4.69. The molecule has 26 heavy (non-hydrogen) atoms. The van der Waals surface area contributed by atoms with Gasteiger partial charge in [0.2, 0.25) is 0 Å². The minimum atomic E-state index is 0.592. The summed E-state index contributed by atoms with van der Waals surface area (Å²) in [5.74, 6) is 2.12. The summed E-state index contributed by atoms with van der Waals surface area (Å²) in [4.78, 5) is 9.16. The Morgan fingerprint density at radius 1 is 0.846 bits per heavy atom. The summed E-state index contributed by atoms with van der Waals surface area (Å²) in [6, 6.07) is 16.5. The van der Waals surface area contributed by atoms with Gasteiger partial charge < -0.3 is 5.32 Å². The van der Waals surface area contributed by atoms with E-state index in [0.29, 0.717) is 11.6 Å². The minimum Gasteiger partial charge on any atom is -0.340 e. The third-order valence-corrected chi connectivity index (χ3v) is 4.37. The van der Waals surface area contributed by atoms with Crippen molar-refractivity contribution in [3.05, 3.63) is 70.9 Å². The van der Waals surface area contributed by atoms with Crippen LogP contribution in [0.5, 0.6) is 0 Å². The number of benzene rings is 2. The van der Waals surface area contributed by atoms with E-state index in [-0.39, 0.29) is 0 Å². The second-order valence-corrected chi connectivity index (χ2v) is 6.74. The van der Waals surface area contributed by atoms with Gasteiger partial charge in [0.1, 0.15) is 5.82 Å². The SMILES string of the molecule is Cc1cccc(-c2nc3nc(C)cc(Nc4cc(C)ccc4C)n3n2)c1. The molecule has 2 heterocycles. The molecule has 4 rings (SSSR count). The van der Waals surface area contributed by atoms with Crippen LogP contribution in [0.4, 0.5) is 11.5 Å². The third-order valence-electron chi connectivity index (χ3n) is 4.37. The smallest absolute Gasteiger partial charge is 0.254 e. The highest BCUT2D eigenvalue weighted by molar-refractivity contribution is 5.65. The molecule has 0 atom stereocenters. The molecule has 0 saturated heterocycles. The van der Waals surface area contributed by atoms with Gasteiger partial charge in [-0.25, -0.2) is 4.98 Å². The molecule has 1 N–H and O–H groups in total. The largest absolute Gasteiger partial charge is 0.340 e. The Labute approximate surface area is 152 Å².